The van der Waals surface area contributed by atoms with Gasteiger partial charge in [-0.05, 0) is 74.9 Å². The Morgan fingerprint density at radius 3 is 2.74 bits per heavy atom. The molecule has 0 atom stereocenters. The van der Waals surface area contributed by atoms with Crippen molar-refractivity contribution in [1.29, 1.82) is 5.26 Å². The smallest absolute Gasteiger partial charge is 0.198 e. The van der Waals surface area contributed by atoms with Gasteiger partial charge >= 0.3 is 0 Å². The van der Waals surface area contributed by atoms with Crippen LogP contribution in [0.1, 0.15) is 55.0 Å². The number of hydrogen-bond donors (Lipinski definition) is 1. The van der Waals surface area contributed by atoms with Crippen LogP contribution in [0.2, 0.25) is 0 Å². The van der Waals surface area contributed by atoms with Crippen LogP contribution in [0.4, 0.5) is 0 Å². The van der Waals surface area contributed by atoms with Crippen LogP contribution in [-0.2, 0) is 12.8 Å². The highest BCUT2D eigenvalue weighted by Crippen LogP contribution is 2.26. The van der Waals surface area contributed by atoms with Gasteiger partial charge in [0.1, 0.15) is 11.8 Å². The van der Waals surface area contributed by atoms with Crippen LogP contribution in [-0.4, -0.2) is 22.9 Å². The van der Waals surface area contributed by atoms with E-state index in [0.29, 0.717) is 22.9 Å². The number of rotatable bonds is 4. The topological polar surface area (TPSA) is 78.0 Å². The first-order chi connectivity index (χ1) is 13.0. The quantitative estimate of drug-likeness (QED) is 0.377. The predicted octanol–water partition coefficient (Wildman–Crippen LogP) is 4.48. The molecule has 5 heteroatoms. The van der Waals surface area contributed by atoms with E-state index in [4.69, 9.17) is 4.74 Å². The number of benzene rings is 2. The lowest BCUT2D eigenvalue weighted by atomic mass is 10.0. The van der Waals surface area contributed by atoms with Gasteiger partial charge in [0, 0.05) is 11.3 Å². The molecule has 27 heavy (non-hydrogen) atoms. The summed E-state index contributed by atoms with van der Waals surface area (Å²) in [5.41, 5.74) is 5.29. The average molecular weight is 361 g/mol. The molecular weight excluding hydrogens is 338 g/mol. The summed E-state index contributed by atoms with van der Waals surface area (Å²) < 4.78 is 5.67. The van der Waals surface area contributed by atoms with Gasteiger partial charge < -0.3 is 9.94 Å². The van der Waals surface area contributed by atoms with Crippen molar-refractivity contribution < 1.29 is 9.94 Å². The molecule has 0 saturated heterocycles. The molecule has 0 saturated carbocycles. The lowest BCUT2D eigenvalue weighted by Gasteiger charge is -2.12. The Bertz CT molecular complexity index is 953. The molecule has 0 spiro atoms. The van der Waals surface area contributed by atoms with Gasteiger partial charge in [-0.2, -0.15) is 5.26 Å². The second-order valence-electron chi connectivity index (χ2n) is 6.91. The molecule has 138 valence electrons. The molecule has 1 aliphatic carbocycles. The fourth-order valence-electron chi connectivity index (χ4n) is 3.39. The van der Waals surface area contributed by atoms with Crippen molar-refractivity contribution in [3.8, 4) is 11.8 Å². The summed E-state index contributed by atoms with van der Waals surface area (Å²) in [5, 5.41) is 22.4. The maximum absolute atomic E-state index is 9.56. The van der Waals surface area contributed by atoms with Crippen LogP contribution >= 0.6 is 0 Å². The van der Waals surface area contributed by atoms with Crippen LogP contribution in [0.25, 0.3) is 0 Å². The van der Waals surface area contributed by atoms with Gasteiger partial charge in [-0.25, -0.2) is 4.99 Å². The van der Waals surface area contributed by atoms with Gasteiger partial charge in [-0.1, -0.05) is 23.4 Å². The highest BCUT2D eigenvalue weighted by molar-refractivity contribution is 6.12. The van der Waals surface area contributed by atoms with Gasteiger partial charge in [-0.15, -0.1) is 0 Å². The molecule has 1 aliphatic rings. The first-order valence-electron chi connectivity index (χ1n) is 9.13. The lowest BCUT2D eigenvalue weighted by Crippen LogP contribution is -2.09. The summed E-state index contributed by atoms with van der Waals surface area (Å²) in [6, 6.07) is 13.6. The zero-order valence-corrected chi connectivity index (χ0v) is 15.9. The fourth-order valence-corrected chi connectivity index (χ4v) is 3.39. The fraction of sp³-hybridized carbons (Fsp3) is 0.318. The van der Waals surface area contributed by atoms with Crippen LogP contribution in [0, 0.1) is 11.3 Å². The number of aliphatic imine (C=N–C) groups is 1. The Hall–Kier alpha value is -3.13. The second-order valence-corrected chi connectivity index (χ2v) is 6.91. The minimum absolute atomic E-state index is 0.00832. The third kappa shape index (κ3) is 4.01. The summed E-state index contributed by atoms with van der Waals surface area (Å²) in [5.74, 6) is 0.855. The Morgan fingerprint density at radius 1 is 1.22 bits per heavy atom. The maximum atomic E-state index is 9.56. The van der Waals surface area contributed by atoms with Gasteiger partial charge in [0.05, 0.1) is 11.7 Å². The van der Waals surface area contributed by atoms with Crippen LogP contribution in [0.3, 0.4) is 0 Å². The molecule has 2 aromatic carbocycles. The molecule has 0 heterocycles. The molecule has 3 rings (SSSR count). The highest BCUT2D eigenvalue weighted by atomic mass is 16.5. The summed E-state index contributed by atoms with van der Waals surface area (Å²) in [6.07, 6.45) is 3.12. The standard InChI is InChI=1S/C22H23N3O2/c1-14(2)27-21-11-10-17(12-18(21)13-23)15(3)24-22(25-26)20-9-5-7-16-6-4-8-19(16)20/h5,7,9-12,14,26H,4,6,8H2,1-3H3/b24-15?,25-22-. The molecular formula is C22H23N3O2. The van der Waals surface area contributed by atoms with Crippen LogP contribution in [0.15, 0.2) is 46.5 Å². The summed E-state index contributed by atoms with van der Waals surface area (Å²) in [4.78, 5) is 4.55. The third-order valence-electron chi connectivity index (χ3n) is 4.64. The van der Waals surface area contributed by atoms with Crippen molar-refractivity contribution in [2.24, 2.45) is 10.1 Å². The monoisotopic (exact) mass is 361 g/mol. The molecule has 2 aromatic rings. The van der Waals surface area contributed by atoms with E-state index in [1.165, 1.54) is 11.1 Å². The van der Waals surface area contributed by atoms with E-state index in [0.717, 1.165) is 30.4 Å². The Labute approximate surface area is 159 Å². The van der Waals surface area contributed by atoms with Crippen molar-refractivity contribution in [3.63, 3.8) is 0 Å². The first-order valence-corrected chi connectivity index (χ1v) is 9.13. The normalized spacial score (nSPS) is 14.2. The number of fused-ring (bicyclic) bond motifs is 1. The number of ether oxygens (including phenoxy) is 1. The largest absolute Gasteiger partial charge is 0.490 e. The van der Waals surface area contributed by atoms with E-state index >= 15 is 0 Å². The SMILES string of the molecule is CC(=N/C(=N\O)c1cccc2c1CCC2)c1ccc(OC(C)C)c(C#N)c1. The molecule has 0 bridgehead atoms. The summed E-state index contributed by atoms with van der Waals surface area (Å²) in [7, 11) is 0. The summed E-state index contributed by atoms with van der Waals surface area (Å²) in [6.45, 7) is 5.68. The molecule has 0 fully saturated rings. The Morgan fingerprint density at radius 2 is 2.04 bits per heavy atom. The first kappa shape index (κ1) is 18.7. The Balaban J connectivity index is 1.95. The number of nitrogens with zero attached hydrogens (tertiary/aromatic N) is 3. The third-order valence-corrected chi connectivity index (χ3v) is 4.64. The van der Waals surface area contributed by atoms with E-state index in [1.807, 2.05) is 39.0 Å². The molecule has 0 radical (unpaired) electrons. The number of hydrogen-bond acceptors (Lipinski definition) is 4. The van der Waals surface area contributed by atoms with E-state index in [2.05, 4.69) is 22.3 Å². The van der Waals surface area contributed by atoms with E-state index in [9.17, 15) is 10.5 Å². The average Bonchev–Trinajstić information content (AvgIpc) is 3.14. The molecule has 1 N–H and O–H groups in total. The summed E-state index contributed by atoms with van der Waals surface area (Å²) >= 11 is 0. The lowest BCUT2D eigenvalue weighted by molar-refractivity contribution is 0.241. The van der Waals surface area contributed by atoms with Crippen molar-refractivity contribution >= 4 is 11.5 Å². The molecule has 5 nitrogen and oxygen atoms in total. The zero-order chi connectivity index (χ0) is 19.4. The van der Waals surface area contributed by atoms with Crippen molar-refractivity contribution in [3.05, 3.63) is 64.2 Å². The molecule has 0 unspecified atom stereocenters. The van der Waals surface area contributed by atoms with E-state index in [1.54, 1.807) is 12.1 Å². The van der Waals surface area contributed by atoms with Crippen LogP contribution < -0.4 is 4.74 Å². The number of oxime groups is 1. The number of aryl methyl sites for hydroxylation is 1. The minimum atomic E-state index is -0.00832. The van der Waals surface area contributed by atoms with Crippen molar-refractivity contribution in [2.45, 2.75) is 46.1 Å². The zero-order valence-electron chi connectivity index (χ0n) is 15.9. The minimum Gasteiger partial charge on any atom is -0.490 e. The van der Waals surface area contributed by atoms with Gasteiger partial charge in [-0.3, -0.25) is 0 Å². The van der Waals surface area contributed by atoms with Crippen molar-refractivity contribution in [1.82, 2.24) is 0 Å². The van der Waals surface area contributed by atoms with Gasteiger partial charge in [0.15, 0.2) is 5.84 Å². The van der Waals surface area contributed by atoms with Crippen molar-refractivity contribution in [2.75, 3.05) is 0 Å². The molecule has 0 aliphatic heterocycles. The van der Waals surface area contributed by atoms with E-state index < -0.39 is 0 Å². The van der Waals surface area contributed by atoms with E-state index in [-0.39, 0.29) is 6.10 Å². The predicted molar refractivity (Wildman–Crippen MR) is 106 cm³/mol. The van der Waals surface area contributed by atoms with Crippen LogP contribution in [0.5, 0.6) is 5.75 Å². The number of nitriles is 1. The molecule has 0 aromatic heterocycles. The maximum Gasteiger partial charge on any atom is 0.198 e. The highest BCUT2D eigenvalue weighted by Gasteiger charge is 2.18. The van der Waals surface area contributed by atoms with Gasteiger partial charge in [0.2, 0.25) is 0 Å². The number of amidine groups is 1. The van der Waals surface area contributed by atoms with Gasteiger partial charge in [0.25, 0.3) is 0 Å². The second kappa shape index (κ2) is 8.05. The Kier molecular flexibility index (Phi) is 5.56. The molecule has 0 amide bonds.